The molecule has 3 aromatic rings. The smallest absolute Gasteiger partial charge is 0.225 e. The molecule has 13 heteroatoms. The Morgan fingerprint density at radius 3 is 2.38 bits per heavy atom. The van der Waals surface area contributed by atoms with E-state index in [-0.39, 0.29) is 29.9 Å². The molecule has 6 rings (SSSR count). The van der Waals surface area contributed by atoms with Crippen molar-refractivity contribution in [3.63, 3.8) is 0 Å². The van der Waals surface area contributed by atoms with Crippen LogP contribution in [0.15, 0.2) is 18.3 Å². The molecule has 10 nitrogen and oxygen atoms in total. The first-order valence-corrected chi connectivity index (χ1v) is 13.3. The molecular weight excluding hydrogens is 515 g/mol. The number of morpholine rings is 1. The fourth-order valence-corrected chi connectivity index (χ4v) is 5.60. The van der Waals surface area contributed by atoms with Gasteiger partial charge in [0.2, 0.25) is 17.8 Å². The Kier molecular flexibility index (Phi) is 7.26. The van der Waals surface area contributed by atoms with Gasteiger partial charge in [0.1, 0.15) is 17.0 Å². The van der Waals surface area contributed by atoms with Gasteiger partial charge in [0.05, 0.1) is 32.1 Å². The minimum Gasteiger partial charge on any atom is -0.379 e. The van der Waals surface area contributed by atoms with Gasteiger partial charge in [-0.3, -0.25) is 9.36 Å². The summed E-state index contributed by atoms with van der Waals surface area (Å²) in [5.41, 5.74) is 0.434. The molecule has 0 unspecified atom stereocenters. The number of amides is 1. The molecule has 0 bridgehead atoms. The molecule has 1 amide bonds. The van der Waals surface area contributed by atoms with Crippen molar-refractivity contribution in [1.82, 2.24) is 24.4 Å². The van der Waals surface area contributed by atoms with Gasteiger partial charge in [-0.15, -0.1) is 0 Å². The van der Waals surface area contributed by atoms with Gasteiger partial charge >= 0.3 is 0 Å². The molecule has 3 fully saturated rings. The van der Waals surface area contributed by atoms with E-state index in [1.165, 1.54) is 0 Å². The number of rotatable bonds is 6. The fourth-order valence-electron chi connectivity index (χ4n) is 5.60. The van der Waals surface area contributed by atoms with Crippen LogP contribution in [0.3, 0.4) is 0 Å². The highest BCUT2D eigenvalue weighted by Crippen LogP contribution is 2.33. The lowest BCUT2D eigenvalue weighted by molar-refractivity contribution is -0.140. The number of carbonyl (C=O) groups excluding carboxylic acids is 1. The number of nitrogens with zero attached hydrogens (tertiary/aromatic N) is 5. The van der Waals surface area contributed by atoms with Crippen molar-refractivity contribution in [1.29, 1.82) is 0 Å². The summed E-state index contributed by atoms with van der Waals surface area (Å²) in [6.07, 6.45) is 5.43. The zero-order chi connectivity index (χ0) is 26.9. The second kappa shape index (κ2) is 11.0. The van der Waals surface area contributed by atoms with Crippen LogP contribution in [0.2, 0.25) is 0 Å². The van der Waals surface area contributed by atoms with Gasteiger partial charge < -0.3 is 25.0 Å². The van der Waals surface area contributed by atoms with E-state index in [4.69, 9.17) is 14.5 Å². The Morgan fingerprint density at radius 2 is 1.69 bits per heavy atom. The average Bonchev–Trinajstić information content (AvgIpc) is 3.58. The van der Waals surface area contributed by atoms with Crippen LogP contribution in [0, 0.1) is 23.4 Å². The van der Waals surface area contributed by atoms with Crippen molar-refractivity contribution in [2.24, 2.45) is 5.92 Å². The molecule has 1 aromatic carbocycles. The number of nitrogens with one attached hydrogen (secondary N) is 2. The molecule has 2 aliphatic heterocycles. The topological polar surface area (TPSA) is 106 Å². The molecule has 2 N–H and O–H groups in total. The molecule has 2 saturated heterocycles. The Labute approximate surface area is 222 Å². The molecule has 39 heavy (non-hydrogen) atoms. The average molecular weight is 546 g/mol. The molecule has 4 heterocycles. The van der Waals surface area contributed by atoms with E-state index in [9.17, 15) is 18.0 Å². The lowest BCUT2D eigenvalue weighted by Gasteiger charge is -2.34. The summed E-state index contributed by atoms with van der Waals surface area (Å²) in [6.45, 7) is 3.42. The van der Waals surface area contributed by atoms with E-state index < -0.39 is 23.1 Å². The van der Waals surface area contributed by atoms with E-state index >= 15 is 0 Å². The molecule has 1 atom stereocenters. The summed E-state index contributed by atoms with van der Waals surface area (Å²) < 4.78 is 54.9. The first kappa shape index (κ1) is 25.8. The van der Waals surface area contributed by atoms with Crippen molar-refractivity contribution < 1.29 is 27.4 Å². The largest absolute Gasteiger partial charge is 0.379 e. The minimum absolute atomic E-state index is 0.0224. The third-order valence-corrected chi connectivity index (χ3v) is 7.68. The number of carbonyl (C=O) groups is 1. The van der Waals surface area contributed by atoms with Crippen LogP contribution in [-0.2, 0) is 14.3 Å². The summed E-state index contributed by atoms with van der Waals surface area (Å²) in [5.74, 6) is -2.32. The van der Waals surface area contributed by atoms with Gasteiger partial charge in [-0.05, 0) is 32.1 Å². The van der Waals surface area contributed by atoms with E-state index in [2.05, 4.69) is 20.6 Å². The number of anilines is 3. The van der Waals surface area contributed by atoms with Crippen LogP contribution in [0.5, 0.6) is 0 Å². The van der Waals surface area contributed by atoms with Gasteiger partial charge in [-0.25, -0.2) is 23.1 Å². The number of aromatic nitrogens is 4. The van der Waals surface area contributed by atoms with E-state index in [1.54, 1.807) is 10.8 Å². The van der Waals surface area contributed by atoms with E-state index in [1.807, 2.05) is 4.90 Å². The lowest BCUT2D eigenvalue weighted by atomic mass is 9.85. The highest BCUT2D eigenvalue weighted by atomic mass is 19.1. The number of hydrogen-bond donors (Lipinski definition) is 2. The number of imidazole rings is 1. The highest BCUT2D eigenvalue weighted by molar-refractivity contribution is 5.79. The van der Waals surface area contributed by atoms with Crippen molar-refractivity contribution in [3.05, 3.63) is 35.8 Å². The molecule has 1 saturated carbocycles. The zero-order valence-electron chi connectivity index (χ0n) is 21.3. The summed E-state index contributed by atoms with van der Waals surface area (Å²) in [4.78, 5) is 28.4. The van der Waals surface area contributed by atoms with Crippen LogP contribution < -0.4 is 10.6 Å². The van der Waals surface area contributed by atoms with E-state index in [0.29, 0.717) is 75.2 Å². The third-order valence-electron chi connectivity index (χ3n) is 7.68. The number of benzene rings is 1. The van der Waals surface area contributed by atoms with Gasteiger partial charge in [0, 0.05) is 43.8 Å². The number of ether oxygens (including phenoxy) is 2. The van der Waals surface area contributed by atoms with Gasteiger partial charge in [0.15, 0.2) is 17.3 Å². The maximum absolute atomic E-state index is 14.4. The summed E-state index contributed by atoms with van der Waals surface area (Å²) in [6, 6.07) is 1.18. The number of halogens is 3. The van der Waals surface area contributed by atoms with Crippen LogP contribution in [0.25, 0.3) is 11.2 Å². The fraction of sp³-hybridized carbons (Fsp3) is 0.538. The molecule has 0 radical (unpaired) electrons. The van der Waals surface area contributed by atoms with Crippen LogP contribution in [-0.4, -0.2) is 75.9 Å². The molecule has 1 aliphatic carbocycles. The molecule has 208 valence electrons. The number of fused-ring (bicyclic) bond motifs is 1. The SMILES string of the molecule is O=C([C@H]1CC[C@H](Nc2ncc3nc(Nc4c(F)cc(F)cc4F)n([C@@H]4CCOC4)c3n2)CC1)N1CCOCC1. The van der Waals surface area contributed by atoms with Crippen molar-refractivity contribution in [2.45, 2.75) is 44.2 Å². The quantitative estimate of drug-likeness (QED) is 0.482. The Morgan fingerprint density at radius 1 is 0.949 bits per heavy atom. The maximum Gasteiger partial charge on any atom is 0.225 e. The standard InChI is InChI=1S/C26H30F3N7O3/c27-16-11-19(28)22(20(29)12-16)33-26-32-21-13-30-25(34-23(21)36(26)18-5-8-39-14-18)31-17-3-1-15(2-4-17)24(37)35-6-9-38-10-7-35/h11-13,15,17-18H,1-10,14H2,(H,32,33)(H,30,31,34)/t15-,17-,18-/m1/s1. The molecule has 2 aromatic heterocycles. The monoisotopic (exact) mass is 545 g/mol. The zero-order valence-corrected chi connectivity index (χ0v) is 21.3. The predicted molar refractivity (Wildman–Crippen MR) is 136 cm³/mol. The maximum atomic E-state index is 14.4. The summed E-state index contributed by atoms with van der Waals surface area (Å²) >= 11 is 0. The normalized spacial score (nSPS) is 23.8. The molecule has 3 aliphatic rings. The minimum atomic E-state index is -1.06. The molecule has 0 spiro atoms. The van der Waals surface area contributed by atoms with Crippen molar-refractivity contribution in [3.8, 4) is 0 Å². The summed E-state index contributed by atoms with van der Waals surface area (Å²) in [7, 11) is 0. The number of hydrogen-bond acceptors (Lipinski definition) is 8. The van der Waals surface area contributed by atoms with Crippen LogP contribution >= 0.6 is 0 Å². The predicted octanol–water partition coefficient (Wildman–Crippen LogP) is 3.78. The Hall–Kier alpha value is -3.45. The Balaban J connectivity index is 1.20. The second-order valence-electron chi connectivity index (χ2n) is 10.2. The van der Waals surface area contributed by atoms with Gasteiger partial charge in [0.25, 0.3) is 0 Å². The van der Waals surface area contributed by atoms with Gasteiger partial charge in [-0.2, -0.15) is 4.98 Å². The first-order valence-electron chi connectivity index (χ1n) is 13.3. The van der Waals surface area contributed by atoms with E-state index in [0.717, 1.165) is 25.7 Å². The summed E-state index contributed by atoms with van der Waals surface area (Å²) in [5, 5.41) is 6.09. The van der Waals surface area contributed by atoms with Crippen LogP contribution in [0.4, 0.5) is 30.8 Å². The molecular formula is C26H30F3N7O3. The second-order valence-corrected chi connectivity index (χ2v) is 10.2. The van der Waals surface area contributed by atoms with Gasteiger partial charge in [-0.1, -0.05) is 0 Å². The highest BCUT2D eigenvalue weighted by Gasteiger charge is 2.31. The first-order chi connectivity index (χ1) is 19.0. The van der Waals surface area contributed by atoms with Crippen LogP contribution in [0.1, 0.15) is 38.1 Å². The van der Waals surface area contributed by atoms with Crippen molar-refractivity contribution >= 4 is 34.7 Å². The Bertz CT molecular complexity index is 1330. The lowest BCUT2D eigenvalue weighted by Crippen LogP contribution is -2.45. The van der Waals surface area contributed by atoms with Crippen molar-refractivity contribution in [2.75, 3.05) is 50.2 Å². The third kappa shape index (κ3) is 5.37.